The van der Waals surface area contributed by atoms with Gasteiger partial charge in [0.05, 0.1) is 24.0 Å². The molecule has 9 nitrogen and oxygen atoms in total. The number of aromatic nitrogens is 7. The third-order valence-electron chi connectivity index (χ3n) is 6.76. The molecule has 1 amide bonds. The van der Waals surface area contributed by atoms with Gasteiger partial charge in [0.1, 0.15) is 11.3 Å². The van der Waals surface area contributed by atoms with E-state index in [9.17, 15) is 4.79 Å². The molecule has 3 N–H and O–H groups in total. The molecular formula is C31H22N8O. The van der Waals surface area contributed by atoms with Crippen molar-refractivity contribution < 1.29 is 4.79 Å². The van der Waals surface area contributed by atoms with E-state index in [1.54, 1.807) is 37.2 Å². The van der Waals surface area contributed by atoms with E-state index < -0.39 is 0 Å². The van der Waals surface area contributed by atoms with Gasteiger partial charge in [-0.1, -0.05) is 30.3 Å². The van der Waals surface area contributed by atoms with E-state index in [4.69, 9.17) is 0 Å². The van der Waals surface area contributed by atoms with Crippen LogP contribution in [0.4, 0.5) is 5.69 Å². The summed E-state index contributed by atoms with van der Waals surface area (Å²) in [5.74, 6) is -0.102. The Hall–Kier alpha value is -5.70. The van der Waals surface area contributed by atoms with Gasteiger partial charge in [-0.05, 0) is 53.1 Å². The third kappa shape index (κ3) is 4.45. The number of pyridine rings is 4. The number of carbonyl (C=O) groups is 1. The largest absolute Gasteiger partial charge is 0.338 e. The molecule has 0 aliphatic rings. The molecule has 0 atom stereocenters. The van der Waals surface area contributed by atoms with Crippen LogP contribution in [-0.4, -0.2) is 41.0 Å². The molecule has 0 unspecified atom stereocenters. The summed E-state index contributed by atoms with van der Waals surface area (Å²) >= 11 is 0. The Balaban J connectivity index is 1.21. The quantitative estimate of drug-likeness (QED) is 0.253. The molecular weight excluding hydrogens is 500 g/mol. The fourth-order valence-corrected chi connectivity index (χ4v) is 4.86. The summed E-state index contributed by atoms with van der Waals surface area (Å²) in [6.07, 6.45) is 10.8. The lowest BCUT2D eigenvalue weighted by atomic mass is 10.0. The van der Waals surface area contributed by atoms with Crippen molar-refractivity contribution >= 4 is 33.7 Å². The zero-order chi connectivity index (χ0) is 26.9. The number of H-pyrrole nitrogens is 2. The number of hydrogen-bond acceptors (Lipinski definition) is 6. The van der Waals surface area contributed by atoms with E-state index in [0.717, 1.165) is 55.6 Å². The number of fused-ring (bicyclic) bond motifs is 2. The average molecular weight is 523 g/mol. The third-order valence-corrected chi connectivity index (χ3v) is 6.76. The number of aromatic amines is 2. The van der Waals surface area contributed by atoms with E-state index in [0.29, 0.717) is 17.8 Å². The number of amides is 1. The standard InChI is InChI=1S/C31H22N8O/c40-28(12-19-4-2-1-3-5-19)36-23-13-21(16-33-18-23)22-14-26-29(38-39-31(26)35-17-22)27-15-25-24(8-11-34-30(25)37-27)20-6-9-32-10-7-20/h1-11,13-18H,12H2,(H,34,37)(H,36,40)(H,35,38,39). The SMILES string of the molecule is O=C(Cc1ccccc1)Nc1cncc(-c2cnc3[nH]nc(-c4cc5c(-c6ccncc6)ccnc5[nH]4)c3c2)c1. The van der Waals surface area contributed by atoms with Crippen LogP contribution in [0.5, 0.6) is 0 Å². The monoisotopic (exact) mass is 522 g/mol. The summed E-state index contributed by atoms with van der Waals surface area (Å²) < 4.78 is 0. The second kappa shape index (κ2) is 9.88. The highest BCUT2D eigenvalue weighted by molar-refractivity contribution is 6.00. The zero-order valence-electron chi connectivity index (χ0n) is 21.2. The van der Waals surface area contributed by atoms with Gasteiger partial charge in [0.15, 0.2) is 5.65 Å². The van der Waals surface area contributed by atoms with E-state index in [2.05, 4.69) is 46.5 Å². The van der Waals surface area contributed by atoms with Gasteiger partial charge >= 0.3 is 0 Å². The van der Waals surface area contributed by atoms with Gasteiger partial charge < -0.3 is 10.3 Å². The first kappa shape index (κ1) is 23.4. The van der Waals surface area contributed by atoms with Gasteiger partial charge in [0.25, 0.3) is 0 Å². The Morgan fingerprint density at radius 2 is 1.60 bits per heavy atom. The van der Waals surface area contributed by atoms with Crippen LogP contribution < -0.4 is 5.32 Å². The normalized spacial score (nSPS) is 11.2. The molecule has 0 saturated heterocycles. The van der Waals surface area contributed by atoms with Crippen LogP contribution in [0, 0.1) is 0 Å². The molecule has 6 heterocycles. The molecule has 0 spiro atoms. The number of hydrogen-bond donors (Lipinski definition) is 3. The van der Waals surface area contributed by atoms with Crippen molar-refractivity contribution in [3.63, 3.8) is 0 Å². The number of rotatable bonds is 6. The molecule has 0 bridgehead atoms. The summed E-state index contributed by atoms with van der Waals surface area (Å²) in [6, 6.07) is 21.6. The predicted molar refractivity (Wildman–Crippen MR) is 154 cm³/mol. The zero-order valence-corrected chi connectivity index (χ0v) is 21.2. The summed E-state index contributed by atoms with van der Waals surface area (Å²) in [7, 11) is 0. The van der Waals surface area contributed by atoms with Crippen molar-refractivity contribution in [2.75, 3.05) is 5.32 Å². The number of nitrogens with zero attached hydrogens (tertiary/aromatic N) is 5. The maximum absolute atomic E-state index is 12.6. The summed E-state index contributed by atoms with van der Waals surface area (Å²) in [5, 5.41) is 12.4. The first-order chi connectivity index (χ1) is 19.7. The van der Waals surface area contributed by atoms with Gasteiger partial charge in [-0.3, -0.25) is 19.9 Å². The minimum Gasteiger partial charge on any atom is -0.338 e. The molecule has 0 radical (unpaired) electrons. The molecule has 1 aromatic carbocycles. The first-order valence-corrected chi connectivity index (χ1v) is 12.7. The van der Waals surface area contributed by atoms with Gasteiger partial charge in [-0.15, -0.1) is 0 Å². The Kier molecular flexibility index (Phi) is 5.78. The van der Waals surface area contributed by atoms with E-state index in [-0.39, 0.29) is 5.91 Å². The number of carbonyl (C=O) groups excluding carboxylic acids is 1. The molecule has 0 fully saturated rings. The molecule has 40 heavy (non-hydrogen) atoms. The lowest BCUT2D eigenvalue weighted by molar-refractivity contribution is -0.115. The van der Waals surface area contributed by atoms with Crippen molar-refractivity contribution in [1.29, 1.82) is 0 Å². The highest BCUT2D eigenvalue weighted by Crippen LogP contribution is 2.34. The maximum atomic E-state index is 12.6. The molecule has 0 saturated carbocycles. The Labute approximate surface area is 228 Å². The Morgan fingerprint density at radius 3 is 2.48 bits per heavy atom. The lowest BCUT2D eigenvalue weighted by Crippen LogP contribution is -2.14. The van der Waals surface area contributed by atoms with E-state index >= 15 is 0 Å². The van der Waals surface area contributed by atoms with Crippen LogP contribution in [0.1, 0.15) is 5.56 Å². The van der Waals surface area contributed by atoms with Gasteiger partial charge in [0.2, 0.25) is 5.91 Å². The topological polar surface area (TPSA) is 125 Å². The molecule has 6 aromatic heterocycles. The molecule has 7 rings (SSSR count). The number of anilines is 1. The van der Waals surface area contributed by atoms with Crippen molar-refractivity contribution in [1.82, 2.24) is 35.1 Å². The summed E-state index contributed by atoms with van der Waals surface area (Å²) in [5.41, 5.74) is 8.39. The van der Waals surface area contributed by atoms with Gasteiger partial charge in [0, 0.05) is 52.9 Å². The fourth-order valence-electron chi connectivity index (χ4n) is 4.86. The van der Waals surface area contributed by atoms with Crippen LogP contribution in [0.15, 0.2) is 104 Å². The summed E-state index contributed by atoms with van der Waals surface area (Å²) in [4.78, 5) is 33.6. The minimum absolute atomic E-state index is 0.102. The number of nitrogens with one attached hydrogen (secondary N) is 3. The second-order valence-electron chi connectivity index (χ2n) is 9.40. The van der Waals surface area contributed by atoms with Crippen LogP contribution in [-0.2, 0) is 11.2 Å². The molecule has 9 heteroatoms. The average Bonchev–Trinajstić information content (AvgIpc) is 3.62. The maximum Gasteiger partial charge on any atom is 0.228 e. The summed E-state index contributed by atoms with van der Waals surface area (Å²) in [6.45, 7) is 0. The van der Waals surface area contributed by atoms with Crippen LogP contribution >= 0.6 is 0 Å². The van der Waals surface area contributed by atoms with Crippen LogP contribution in [0.25, 0.3) is 55.7 Å². The molecule has 0 aliphatic carbocycles. The highest BCUT2D eigenvalue weighted by Gasteiger charge is 2.16. The Bertz CT molecular complexity index is 1980. The van der Waals surface area contributed by atoms with Crippen molar-refractivity contribution in [2.45, 2.75) is 6.42 Å². The highest BCUT2D eigenvalue weighted by atomic mass is 16.1. The number of benzene rings is 1. The Morgan fingerprint density at radius 1 is 0.750 bits per heavy atom. The van der Waals surface area contributed by atoms with Crippen LogP contribution in [0.3, 0.4) is 0 Å². The smallest absolute Gasteiger partial charge is 0.228 e. The fraction of sp³-hybridized carbons (Fsp3) is 0.0323. The van der Waals surface area contributed by atoms with Crippen molar-refractivity contribution in [2.24, 2.45) is 0 Å². The lowest BCUT2D eigenvalue weighted by Gasteiger charge is -2.07. The van der Waals surface area contributed by atoms with E-state index in [1.165, 1.54) is 0 Å². The molecule has 0 aliphatic heterocycles. The van der Waals surface area contributed by atoms with Crippen molar-refractivity contribution in [3.05, 3.63) is 109 Å². The first-order valence-electron chi connectivity index (χ1n) is 12.7. The van der Waals surface area contributed by atoms with Crippen molar-refractivity contribution in [3.8, 4) is 33.6 Å². The van der Waals surface area contributed by atoms with Gasteiger partial charge in [-0.2, -0.15) is 5.10 Å². The second-order valence-corrected chi connectivity index (χ2v) is 9.40. The molecule has 7 aromatic rings. The van der Waals surface area contributed by atoms with Gasteiger partial charge in [-0.25, -0.2) is 9.97 Å². The van der Waals surface area contributed by atoms with Crippen LogP contribution in [0.2, 0.25) is 0 Å². The predicted octanol–water partition coefficient (Wildman–Crippen LogP) is 5.81. The molecule has 192 valence electrons. The van der Waals surface area contributed by atoms with E-state index in [1.807, 2.05) is 60.7 Å². The minimum atomic E-state index is -0.102.